The van der Waals surface area contributed by atoms with E-state index in [1.54, 1.807) is 0 Å². The molecule has 2 aliphatic rings. The first-order valence-corrected chi connectivity index (χ1v) is 8.31. The maximum absolute atomic E-state index is 12.6. The molecule has 3 atom stereocenters. The van der Waals surface area contributed by atoms with E-state index in [4.69, 9.17) is 0 Å². The fourth-order valence-electron chi connectivity index (χ4n) is 3.78. The monoisotopic (exact) mass is 317 g/mol. The molecule has 2 heterocycles. The molecule has 0 bridgehead atoms. The molecule has 0 aromatic carbocycles. The number of likely N-dealkylation sites (tertiary alicyclic amines) is 1. The summed E-state index contributed by atoms with van der Waals surface area (Å²) in [7, 11) is 2.12. The van der Waals surface area contributed by atoms with Crippen LogP contribution in [0.2, 0.25) is 0 Å². The third-order valence-electron chi connectivity index (χ3n) is 5.03. The summed E-state index contributed by atoms with van der Waals surface area (Å²) in [5.41, 5.74) is 0. The Kier molecular flexibility index (Phi) is 7.99. The Morgan fingerprint density at radius 1 is 1.10 bits per heavy atom. The fourth-order valence-corrected chi connectivity index (χ4v) is 3.78. The second-order valence-corrected chi connectivity index (χ2v) is 6.68. The van der Waals surface area contributed by atoms with Crippen molar-refractivity contribution in [3.63, 3.8) is 0 Å². The van der Waals surface area contributed by atoms with Gasteiger partial charge in [0.25, 0.3) is 0 Å². The van der Waals surface area contributed by atoms with Crippen molar-refractivity contribution in [3.05, 3.63) is 0 Å². The van der Waals surface area contributed by atoms with E-state index in [9.17, 15) is 4.79 Å². The number of rotatable bonds is 3. The third-order valence-corrected chi connectivity index (χ3v) is 5.03. The zero-order valence-corrected chi connectivity index (χ0v) is 14.6. The Morgan fingerprint density at radius 2 is 1.76 bits per heavy atom. The molecule has 3 unspecified atom stereocenters. The second kappa shape index (κ2) is 8.96. The number of piperidine rings is 1. The van der Waals surface area contributed by atoms with Gasteiger partial charge in [0.05, 0.1) is 6.54 Å². The van der Waals surface area contributed by atoms with Gasteiger partial charge in [-0.15, -0.1) is 12.4 Å². The highest BCUT2D eigenvalue weighted by Gasteiger charge is 2.30. The van der Waals surface area contributed by atoms with Crippen LogP contribution in [-0.2, 0) is 4.79 Å². The van der Waals surface area contributed by atoms with Gasteiger partial charge in [-0.1, -0.05) is 0 Å². The minimum absolute atomic E-state index is 0. The highest BCUT2D eigenvalue weighted by Crippen LogP contribution is 2.23. The summed E-state index contributed by atoms with van der Waals surface area (Å²) >= 11 is 0. The summed E-state index contributed by atoms with van der Waals surface area (Å²) in [6.45, 7) is 7.18. The summed E-state index contributed by atoms with van der Waals surface area (Å²) in [4.78, 5) is 17.0. The maximum atomic E-state index is 12.6. The van der Waals surface area contributed by atoms with Crippen molar-refractivity contribution in [2.24, 2.45) is 0 Å². The van der Waals surface area contributed by atoms with Crippen molar-refractivity contribution in [1.82, 2.24) is 15.1 Å². The molecule has 0 radical (unpaired) electrons. The molecule has 21 heavy (non-hydrogen) atoms. The van der Waals surface area contributed by atoms with Crippen molar-refractivity contribution in [1.29, 1.82) is 0 Å². The molecule has 1 amide bonds. The molecule has 1 N–H and O–H groups in total. The van der Waals surface area contributed by atoms with Crippen LogP contribution in [0.15, 0.2) is 0 Å². The van der Waals surface area contributed by atoms with Gasteiger partial charge in [0.1, 0.15) is 0 Å². The SMILES string of the molecule is CC1CCCC(C)N1C(=O)CN(C)C1CCCNCC1.Cl. The van der Waals surface area contributed by atoms with E-state index in [1.165, 1.54) is 19.3 Å². The molecular formula is C16H32ClN3O. The van der Waals surface area contributed by atoms with Crippen LogP contribution in [0.1, 0.15) is 52.4 Å². The molecule has 0 spiro atoms. The summed E-state index contributed by atoms with van der Waals surface area (Å²) in [5, 5.41) is 3.44. The molecule has 2 rings (SSSR count). The normalized spacial score (nSPS) is 30.7. The molecule has 5 heteroatoms. The van der Waals surface area contributed by atoms with Gasteiger partial charge in [0.2, 0.25) is 5.91 Å². The van der Waals surface area contributed by atoms with Crippen LogP contribution in [0.4, 0.5) is 0 Å². The molecule has 0 aliphatic carbocycles. The Balaban J connectivity index is 0.00000220. The van der Waals surface area contributed by atoms with Crippen molar-refractivity contribution in [3.8, 4) is 0 Å². The lowest BCUT2D eigenvalue weighted by Gasteiger charge is -2.40. The van der Waals surface area contributed by atoms with Gasteiger partial charge in [-0.2, -0.15) is 0 Å². The van der Waals surface area contributed by atoms with Gasteiger partial charge in [0, 0.05) is 18.1 Å². The topological polar surface area (TPSA) is 35.6 Å². The molecule has 0 saturated carbocycles. The lowest BCUT2D eigenvalue weighted by molar-refractivity contribution is -0.138. The Bertz CT molecular complexity index is 309. The van der Waals surface area contributed by atoms with E-state index < -0.39 is 0 Å². The lowest BCUT2D eigenvalue weighted by atomic mass is 9.97. The van der Waals surface area contributed by atoms with Crippen LogP contribution in [0, 0.1) is 0 Å². The van der Waals surface area contributed by atoms with E-state index in [2.05, 4.69) is 36.0 Å². The molecule has 2 fully saturated rings. The summed E-state index contributed by atoms with van der Waals surface area (Å²) in [6, 6.07) is 1.38. The van der Waals surface area contributed by atoms with Crippen LogP contribution < -0.4 is 5.32 Å². The van der Waals surface area contributed by atoms with Gasteiger partial charge in [-0.05, 0) is 72.5 Å². The zero-order valence-electron chi connectivity index (χ0n) is 13.8. The standard InChI is InChI=1S/C16H31N3O.ClH/c1-13-6-4-7-14(2)19(13)16(20)12-18(3)15-8-5-10-17-11-9-15;/h13-15,17H,4-12H2,1-3H3;1H. The van der Waals surface area contributed by atoms with Crippen molar-refractivity contribution < 1.29 is 4.79 Å². The average molecular weight is 318 g/mol. The first-order valence-electron chi connectivity index (χ1n) is 8.31. The zero-order chi connectivity index (χ0) is 14.5. The van der Waals surface area contributed by atoms with E-state index in [-0.39, 0.29) is 12.4 Å². The van der Waals surface area contributed by atoms with E-state index in [1.807, 2.05) is 0 Å². The quantitative estimate of drug-likeness (QED) is 0.867. The van der Waals surface area contributed by atoms with Crippen LogP contribution in [0.25, 0.3) is 0 Å². The number of carbonyl (C=O) groups is 1. The second-order valence-electron chi connectivity index (χ2n) is 6.68. The fraction of sp³-hybridized carbons (Fsp3) is 0.938. The average Bonchev–Trinajstić information content (AvgIpc) is 2.67. The smallest absolute Gasteiger partial charge is 0.237 e. The molecule has 4 nitrogen and oxygen atoms in total. The molecule has 2 aliphatic heterocycles. The maximum Gasteiger partial charge on any atom is 0.237 e. The summed E-state index contributed by atoms with van der Waals surface area (Å²) in [5.74, 6) is 0.324. The number of carbonyl (C=O) groups excluding carboxylic acids is 1. The Hall–Kier alpha value is -0.320. The van der Waals surface area contributed by atoms with Crippen molar-refractivity contribution in [2.45, 2.75) is 70.5 Å². The highest BCUT2D eigenvalue weighted by atomic mass is 35.5. The highest BCUT2D eigenvalue weighted by molar-refractivity contribution is 5.85. The van der Waals surface area contributed by atoms with Crippen LogP contribution in [0.5, 0.6) is 0 Å². The number of amides is 1. The largest absolute Gasteiger partial charge is 0.336 e. The summed E-state index contributed by atoms with van der Waals surface area (Å²) in [6.07, 6.45) is 7.17. The minimum Gasteiger partial charge on any atom is -0.336 e. The van der Waals surface area contributed by atoms with E-state index >= 15 is 0 Å². The first-order chi connectivity index (χ1) is 9.59. The lowest BCUT2D eigenvalue weighted by Crippen LogP contribution is -2.51. The number of halogens is 1. The Morgan fingerprint density at radius 3 is 2.43 bits per heavy atom. The molecule has 2 saturated heterocycles. The number of hydrogen-bond acceptors (Lipinski definition) is 3. The molecule has 124 valence electrons. The van der Waals surface area contributed by atoms with E-state index in [0.29, 0.717) is 30.6 Å². The van der Waals surface area contributed by atoms with Crippen LogP contribution >= 0.6 is 12.4 Å². The van der Waals surface area contributed by atoms with Gasteiger partial charge in [-0.25, -0.2) is 0 Å². The number of hydrogen-bond donors (Lipinski definition) is 1. The Labute approximate surface area is 136 Å². The molecule has 0 aromatic heterocycles. The van der Waals surface area contributed by atoms with Gasteiger partial charge in [-0.3, -0.25) is 9.69 Å². The third kappa shape index (κ3) is 5.11. The minimum atomic E-state index is 0. The van der Waals surface area contributed by atoms with E-state index in [0.717, 1.165) is 32.4 Å². The number of nitrogens with zero attached hydrogens (tertiary/aromatic N) is 2. The van der Waals surface area contributed by atoms with Gasteiger partial charge in [0.15, 0.2) is 0 Å². The number of likely N-dealkylation sites (N-methyl/N-ethyl adjacent to an activating group) is 1. The summed E-state index contributed by atoms with van der Waals surface area (Å²) < 4.78 is 0. The van der Waals surface area contributed by atoms with Gasteiger partial charge < -0.3 is 10.2 Å². The molecular weight excluding hydrogens is 286 g/mol. The van der Waals surface area contributed by atoms with Crippen molar-refractivity contribution in [2.75, 3.05) is 26.7 Å². The van der Waals surface area contributed by atoms with Crippen molar-refractivity contribution >= 4 is 18.3 Å². The van der Waals surface area contributed by atoms with Crippen LogP contribution in [0.3, 0.4) is 0 Å². The van der Waals surface area contributed by atoms with Gasteiger partial charge >= 0.3 is 0 Å². The van der Waals surface area contributed by atoms with Crippen LogP contribution in [-0.4, -0.2) is 60.5 Å². The predicted molar refractivity (Wildman–Crippen MR) is 90.0 cm³/mol. The molecule has 0 aromatic rings. The predicted octanol–water partition coefficient (Wildman–Crippen LogP) is 2.27. The number of nitrogens with one attached hydrogen (secondary N) is 1. The first kappa shape index (κ1) is 18.7.